The summed E-state index contributed by atoms with van der Waals surface area (Å²) in [6.07, 6.45) is 1.82. The van der Waals surface area contributed by atoms with Gasteiger partial charge in [0.05, 0.1) is 11.2 Å². The molecule has 1 atom stereocenters. The molecule has 0 radical (unpaired) electrons. The zero-order valence-electron chi connectivity index (χ0n) is 13.0. The van der Waals surface area contributed by atoms with Crippen LogP contribution in [0, 0.1) is 5.82 Å². The Morgan fingerprint density at radius 2 is 2.10 bits per heavy atom. The number of nitrogens with one attached hydrogen (secondary N) is 1. The van der Waals surface area contributed by atoms with Gasteiger partial charge in [-0.05, 0) is 43.1 Å². The van der Waals surface area contributed by atoms with E-state index in [9.17, 15) is 4.39 Å². The minimum atomic E-state index is -0.267. The van der Waals surface area contributed by atoms with Crippen LogP contribution in [0.3, 0.4) is 0 Å². The Balaban J connectivity index is 2.10. The van der Waals surface area contributed by atoms with Gasteiger partial charge in [-0.15, -0.1) is 11.3 Å². The van der Waals surface area contributed by atoms with Crippen molar-refractivity contribution in [3.05, 3.63) is 51.2 Å². The van der Waals surface area contributed by atoms with Crippen LogP contribution in [0.2, 0.25) is 0 Å². The Labute approximate surface area is 129 Å². The molecule has 2 aromatic rings. The number of aryl methyl sites for hydroxylation is 1. The first-order valence-corrected chi connectivity index (χ1v) is 8.19. The van der Waals surface area contributed by atoms with E-state index >= 15 is 0 Å². The lowest BCUT2D eigenvalue weighted by molar-refractivity contribution is 0.430. The lowest BCUT2D eigenvalue weighted by Gasteiger charge is -2.28. The molecule has 1 aliphatic rings. The van der Waals surface area contributed by atoms with Crippen molar-refractivity contribution in [2.45, 2.75) is 44.6 Å². The largest absolute Gasteiger partial charge is 0.305 e. The normalized spacial score (nSPS) is 21.6. The van der Waals surface area contributed by atoms with Crippen LogP contribution in [0.1, 0.15) is 49.0 Å². The van der Waals surface area contributed by atoms with E-state index in [1.807, 2.05) is 13.1 Å². The van der Waals surface area contributed by atoms with E-state index < -0.39 is 0 Å². The molecule has 1 N–H and O–H groups in total. The molecule has 21 heavy (non-hydrogen) atoms. The van der Waals surface area contributed by atoms with E-state index in [1.54, 1.807) is 23.5 Å². The highest BCUT2D eigenvalue weighted by Gasteiger charge is 2.42. The predicted octanol–water partition coefficient (Wildman–Crippen LogP) is 3.99. The molecule has 112 valence electrons. The van der Waals surface area contributed by atoms with E-state index in [1.165, 1.54) is 5.56 Å². The van der Waals surface area contributed by atoms with Gasteiger partial charge in [0, 0.05) is 10.8 Å². The number of hydrogen-bond acceptors (Lipinski definition) is 3. The third-order valence-electron chi connectivity index (χ3n) is 4.36. The van der Waals surface area contributed by atoms with E-state index in [0.717, 1.165) is 29.1 Å². The van der Waals surface area contributed by atoms with Crippen molar-refractivity contribution in [1.29, 1.82) is 0 Å². The third-order valence-corrected chi connectivity index (χ3v) is 5.37. The van der Waals surface area contributed by atoms with Gasteiger partial charge in [-0.2, -0.15) is 0 Å². The van der Waals surface area contributed by atoms with Crippen molar-refractivity contribution in [2.75, 3.05) is 7.05 Å². The van der Waals surface area contributed by atoms with Crippen LogP contribution in [-0.4, -0.2) is 12.0 Å². The van der Waals surface area contributed by atoms with Crippen LogP contribution in [0.15, 0.2) is 23.6 Å². The van der Waals surface area contributed by atoms with Crippen molar-refractivity contribution in [2.24, 2.45) is 0 Å². The van der Waals surface area contributed by atoms with Crippen molar-refractivity contribution in [3.8, 4) is 0 Å². The summed E-state index contributed by atoms with van der Waals surface area (Å²) in [7, 11) is 1.97. The molecular formula is C17H21FN2S. The fourth-order valence-electron chi connectivity index (χ4n) is 3.05. The zero-order chi connectivity index (χ0) is 15.3. The Morgan fingerprint density at radius 3 is 2.71 bits per heavy atom. The second-order valence-corrected chi connectivity index (χ2v) is 7.60. The molecule has 1 aromatic carbocycles. The van der Waals surface area contributed by atoms with Crippen LogP contribution >= 0.6 is 11.3 Å². The minimum absolute atomic E-state index is 0.0495. The molecule has 0 fully saturated rings. The van der Waals surface area contributed by atoms with Gasteiger partial charge in [-0.25, -0.2) is 9.37 Å². The second-order valence-electron chi connectivity index (χ2n) is 6.74. The van der Waals surface area contributed by atoms with Crippen molar-refractivity contribution in [3.63, 3.8) is 0 Å². The predicted molar refractivity (Wildman–Crippen MR) is 85.4 cm³/mol. The van der Waals surface area contributed by atoms with Gasteiger partial charge in [0.1, 0.15) is 10.8 Å². The maximum atomic E-state index is 13.4. The summed E-state index contributed by atoms with van der Waals surface area (Å²) < 4.78 is 13.4. The first-order valence-electron chi connectivity index (χ1n) is 7.31. The molecule has 1 unspecified atom stereocenters. The number of thiazole rings is 1. The molecule has 4 heteroatoms. The summed E-state index contributed by atoms with van der Waals surface area (Å²) in [4.78, 5) is 4.89. The van der Waals surface area contributed by atoms with Crippen LogP contribution in [0.4, 0.5) is 4.39 Å². The molecule has 0 saturated carbocycles. The van der Waals surface area contributed by atoms with Crippen molar-refractivity contribution >= 4 is 11.3 Å². The fraction of sp³-hybridized carbons (Fsp3) is 0.471. The van der Waals surface area contributed by atoms with Crippen LogP contribution in [-0.2, 0) is 17.4 Å². The van der Waals surface area contributed by atoms with Crippen LogP contribution in [0.25, 0.3) is 0 Å². The molecule has 0 aliphatic heterocycles. The molecule has 3 rings (SSSR count). The number of nitrogens with zero attached hydrogens (tertiary/aromatic N) is 1. The summed E-state index contributed by atoms with van der Waals surface area (Å²) >= 11 is 1.70. The number of rotatable bonds is 2. The number of fused-ring (bicyclic) bond motifs is 1. The smallest absolute Gasteiger partial charge is 0.123 e. The van der Waals surface area contributed by atoms with E-state index in [4.69, 9.17) is 4.98 Å². The summed E-state index contributed by atoms with van der Waals surface area (Å²) in [5.74, 6) is -0.157. The van der Waals surface area contributed by atoms with E-state index in [2.05, 4.69) is 31.5 Å². The quantitative estimate of drug-likeness (QED) is 0.907. The molecule has 1 aliphatic carbocycles. The Kier molecular flexibility index (Phi) is 3.41. The highest BCUT2D eigenvalue weighted by molar-refractivity contribution is 7.09. The average Bonchev–Trinajstić information content (AvgIpc) is 3.02. The van der Waals surface area contributed by atoms with Crippen LogP contribution in [0.5, 0.6) is 0 Å². The fourth-order valence-corrected chi connectivity index (χ4v) is 4.34. The lowest BCUT2D eigenvalue weighted by Crippen LogP contribution is -2.39. The maximum absolute atomic E-state index is 13.4. The number of benzene rings is 1. The zero-order valence-corrected chi connectivity index (χ0v) is 13.8. The van der Waals surface area contributed by atoms with Crippen molar-refractivity contribution in [1.82, 2.24) is 10.3 Å². The molecule has 1 aromatic heterocycles. The van der Waals surface area contributed by atoms with Gasteiger partial charge in [0.15, 0.2) is 0 Å². The molecule has 0 saturated heterocycles. The van der Waals surface area contributed by atoms with Crippen LogP contribution < -0.4 is 5.32 Å². The highest BCUT2D eigenvalue weighted by Crippen LogP contribution is 2.43. The average molecular weight is 304 g/mol. The van der Waals surface area contributed by atoms with Gasteiger partial charge in [-0.3, -0.25) is 0 Å². The second kappa shape index (κ2) is 4.89. The van der Waals surface area contributed by atoms with E-state index in [0.29, 0.717) is 0 Å². The number of hydrogen-bond donors (Lipinski definition) is 1. The SMILES string of the molecule is CNC1(c2nc(C(C)(C)C)cs2)CCc2cc(F)ccc21. The minimum Gasteiger partial charge on any atom is -0.305 e. The molecule has 0 spiro atoms. The van der Waals surface area contributed by atoms with Gasteiger partial charge >= 0.3 is 0 Å². The number of halogens is 1. The third kappa shape index (κ3) is 2.30. The standard InChI is InChI=1S/C17H21FN2S/c1-16(2,3)14-10-21-15(20-14)17(19-4)8-7-11-9-12(18)5-6-13(11)17/h5-6,9-10,19H,7-8H2,1-4H3. The first kappa shape index (κ1) is 14.7. The Bertz CT molecular complexity index is 672. The van der Waals surface area contributed by atoms with Gasteiger partial charge < -0.3 is 5.32 Å². The van der Waals surface area contributed by atoms with Gasteiger partial charge in [0.25, 0.3) is 0 Å². The highest BCUT2D eigenvalue weighted by atomic mass is 32.1. The topological polar surface area (TPSA) is 24.9 Å². The summed E-state index contributed by atoms with van der Waals surface area (Å²) in [5.41, 5.74) is 3.16. The monoisotopic (exact) mass is 304 g/mol. The number of aromatic nitrogens is 1. The molecule has 0 bridgehead atoms. The molecule has 0 amide bonds. The van der Waals surface area contributed by atoms with E-state index in [-0.39, 0.29) is 16.8 Å². The Morgan fingerprint density at radius 1 is 1.33 bits per heavy atom. The molecular weight excluding hydrogens is 283 g/mol. The summed E-state index contributed by atoms with van der Waals surface area (Å²) in [6, 6.07) is 5.12. The first-order chi connectivity index (χ1) is 9.87. The van der Waals surface area contributed by atoms with Gasteiger partial charge in [0.2, 0.25) is 0 Å². The lowest BCUT2D eigenvalue weighted by atomic mass is 9.91. The maximum Gasteiger partial charge on any atom is 0.123 e. The van der Waals surface area contributed by atoms with Crippen molar-refractivity contribution < 1.29 is 4.39 Å². The molecule has 2 nitrogen and oxygen atoms in total. The summed E-state index contributed by atoms with van der Waals surface area (Å²) in [5, 5.41) is 6.69. The molecule has 1 heterocycles. The Hall–Kier alpha value is -1.26. The van der Waals surface area contributed by atoms with Gasteiger partial charge in [-0.1, -0.05) is 26.8 Å². The summed E-state index contributed by atoms with van der Waals surface area (Å²) in [6.45, 7) is 6.53.